The number of nitriles is 1. The fourth-order valence-electron chi connectivity index (χ4n) is 3.79. The third kappa shape index (κ3) is 4.40. The van der Waals surface area contributed by atoms with E-state index in [9.17, 15) is 10.1 Å². The molecule has 0 saturated carbocycles. The first-order chi connectivity index (χ1) is 15.5. The van der Waals surface area contributed by atoms with Crippen molar-refractivity contribution in [2.75, 3.05) is 37.0 Å². The number of rotatable bonds is 8. The van der Waals surface area contributed by atoms with Crippen LogP contribution in [-0.2, 0) is 17.8 Å². The van der Waals surface area contributed by atoms with Crippen molar-refractivity contribution < 1.29 is 14.4 Å². The van der Waals surface area contributed by atoms with Crippen LogP contribution in [0.4, 0.5) is 17.3 Å². The molecule has 0 saturated heterocycles. The molecule has 0 atom stereocenters. The molecule has 4 rings (SSSR count). The van der Waals surface area contributed by atoms with E-state index in [1.807, 2.05) is 48.2 Å². The summed E-state index contributed by atoms with van der Waals surface area (Å²) >= 11 is 0. The zero-order valence-corrected chi connectivity index (χ0v) is 18.0. The Bertz CT molecular complexity index is 1180. The molecule has 0 spiro atoms. The Kier molecular flexibility index (Phi) is 6.05. The van der Waals surface area contributed by atoms with Gasteiger partial charge >= 0.3 is 5.97 Å². The third-order valence-electron chi connectivity index (χ3n) is 5.39. The molecule has 9 heteroatoms. The molecule has 0 amide bonds. The molecule has 2 aromatic carbocycles. The number of benzene rings is 2. The van der Waals surface area contributed by atoms with Gasteiger partial charge in [-0.1, -0.05) is 12.1 Å². The summed E-state index contributed by atoms with van der Waals surface area (Å²) in [5, 5.41) is 25.5. The quantitative estimate of drug-likeness (QED) is 0.518. The summed E-state index contributed by atoms with van der Waals surface area (Å²) in [6, 6.07) is 13.9. The molecule has 164 valence electrons. The second-order valence-corrected chi connectivity index (χ2v) is 7.82. The average Bonchev–Trinajstić information content (AvgIpc) is 3.42. The second kappa shape index (κ2) is 9.08. The highest BCUT2D eigenvalue weighted by atomic mass is 16.5. The van der Waals surface area contributed by atoms with Gasteiger partial charge in [0.1, 0.15) is 6.07 Å². The number of carboxylic acid groups (broad SMARTS) is 1. The molecule has 1 aliphatic heterocycles. The van der Waals surface area contributed by atoms with Crippen LogP contribution in [0.25, 0.3) is 11.5 Å². The van der Waals surface area contributed by atoms with Crippen LogP contribution in [0.3, 0.4) is 0 Å². The monoisotopic (exact) mass is 432 g/mol. The van der Waals surface area contributed by atoms with Crippen LogP contribution in [-0.4, -0.2) is 48.4 Å². The van der Waals surface area contributed by atoms with Crippen LogP contribution in [0.5, 0.6) is 0 Å². The molecule has 2 heterocycles. The molecule has 32 heavy (non-hydrogen) atoms. The zero-order valence-electron chi connectivity index (χ0n) is 18.0. The Morgan fingerprint density at radius 1 is 1.31 bits per heavy atom. The molecular formula is C23H24N6O3. The van der Waals surface area contributed by atoms with Crippen LogP contribution in [0, 0.1) is 11.3 Å². The maximum Gasteiger partial charge on any atom is 0.304 e. The first-order valence-corrected chi connectivity index (χ1v) is 10.3. The first kappa shape index (κ1) is 21.3. The molecule has 0 fully saturated rings. The maximum absolute atomic E-state index is 10.6. The zero-order chi connectivity index (χ0) is 22.7. The summed E-state index contributed by atoms with van der Waals surface area (Å²) in [6.45, 7) is 1.80. The largest absolute Gasteiger partial charge is 0.481 e. The molecule has 3 aromatic rings. The van der Waals surface area contributed by atoms with E-state index in [1.165, 1.54) is 5.56 Å². The lowest BCUT2D eigenvalue weighted by Gasteiger charge is -2.15. The molecule has 0 bridgehead atoms. The Balaban J connectivity index is 1.49. The molecule has 0 radical (unpaired) electrons. The summed E-state index contributed by atoms with van der Waals surface area (Å²) in [4.78, 5) is 19.1. The number of nitrogens with one attached hydrogen (secondary N) is 1. The van der Waals surface area contributed by atoms with Crippen LogP contribution in [0.15, 0.2) is 40.9 Å². The van der Waals surface area contributed by atoms with Crippen molar-refractivity contribution in [3.05, 3.63) is 53.1 Å². The highest BCUT2D eigenvalue weighted by Crippen LogP contribution is 2.35. The lowest BCUT2D eigenvalue weighted by molar-refractivity contribution is -0.136. The van der Waals surface area contributed by atoms with Gasteiger partial charge in [0.25, 0.3) is 11.8 Å². The summed E-state index contributed by atoms with van der Waals surface area (Å²) in [6.07, 6.45) is 0.963. The lowest BCUT2D eigenvalue weighted by Crippen LogP contribution is -2.17. The predicted octanol–water partition coefficient (Wildman–Crippen LogP) is 2.93. The fraction of sp³-hybridized carbons (Fsp3) is 0.304. The van der Waals surface area contributed by atoms with Gasteiger partial charge in [-0.3, -0.25) is 4.79 Å². The summed E-state index contributed by atoms with van der Waals surface area (Å²) in [5.41, 5.74) is 5.41. The van der Waals surface area contributed by atoms with Crippen LogP contribution >= 0.6 is 0 Å². The number of aliphatic carboxylic acids is 1. The van der Waals surface area contributed by atoms with Gasteiger partial charge in [-0.2, -0.15) is 10.2 Å². The average molecular weight is 432 g/mol. The van der Waals surface area contributed by atoms with Crippen molar-refractivity contribution in [1.29, 1.82) is 5.26 Å². The number of carboxylic acids is 1. The van der Waals surface area contributed by atoms with Crippen molar-refractivity contribution in [3.8, 4) is 17.5 Å². The van der Waals surface area contributed by atoms with E-state index in [0.717, 1.165) is 29.9 Å². The van der Waals surface area contributed by atoms with Crippen molar-refractivity contribution in [1.82, 2.24) is 15.5 Å². The Morgan fingerprint density at radius 2 is 2.16 bits per heavy atom. The number of fused-ring (bicyclic) bond motifs is 1. The van der Waals surface area contributed by atoms with E-state index in [-0.39, 0.29) is 6.42 Å². The Labute approximate surface area is 185 Å². The number of anilines is 3. The van der Waals surface area contributed by atoms with Crippen molar-refractivity contribution in [2.24, 2.45) is 0 Å². The molecular weight excluding hydrogens is 408 g/mol. The van der Waals surface area contributed by atoms with Gasteiger partial charge < -0.3 is 24.7 Å². The molecule has 1 aliphatic rings. The first-order valence-electron chi connectivity index (χ1n) is 10.3. The van der Waals surface area contributed by atoms with E-state index in [2.05, 4.69) is 27.6 Å². The minimum Gasteiger partial charge on any atom is -0.481 e. The molecule has 0 aliphatic carbocycles. The molecule has 2 N–H and O–H groups in total. The smallest absolute Gasteiger partial charge is 0.304 e. The number of aromatic nitrogens is 2. The molecule has 9 nitrogen and oxygen atoms in total. The molecule has 1 aromatic heterocycles. The highest BCUT2D eigenvalue weighted by molar-refractivity contribution is 5.70. The topological polar surface area (TPSA) is 119 Å². The SMILES string of the molecule is CN(C)c1ccc(-c2nc(N3CCc4cc(CNCCC(=O)O)ccc43)no2)cc1C#N. The van der Waals surface area contributed by atoms with E-state index in [1.54, 1.807) is 6.07 Å². The van der Waals surface area contributed by atoms with Gasteiger partial charge in [-0.25, -0.2) is 0 Å². The van der Waals surface area contributed by atoms with Gasteiger partial charge in [0.15, 0.2) is 0 Å². The predicted molar refractivity (Wildman–Crippen MR) is 120 cm³/mol. The van der Waals surface area contributed by atoms with Crippen LogP contribution < -0.4 is 15.1 Å². The van der Waals surface area contributed by atoms with Gasteiger partial charge in [0.05, 0.1) is 17.7 Å². The fourth-order valence-corrected chi connectivity index (χ4v) is 3.79. The van der Waals surface area contributed by atoms with Gasteiger partial charge in [0.2, 0.25) is 0 Å². The third-order valence-corrected chi connectivity index (χ3v) is 5.39. The highest BCUT2D eigenvalue weighted by Gasteiger charge is 2.25. The lowest BCUT2D eigenvalue weighted by atomic mass is 10.1. The minimum absolute atomic E-state index is 0.104. The van der Waals surface area contributed by atoms with Crippen molar-refractivity contribution in [3.63, 3.8) is 0 Å². The Hall–Kier alpha value is -3.90. The van der Waals surface area contributed by atoms with E-state index in [0.29, 0.717) is 36.1 Å². The van der Waals surface area contributed by atoms with Gasteiger partial charge in [-0.05, 0) is 47.0 Å². The standard InChI is InChI=1S/C23H24N6O3/c1-28(2)19-6-4-17(12-18(19)13-24)22-26-23(27-32-22)29-10-8-16-11-15(3-5-20(16)29)14-25-9-7-21(30)31/h3-6,11-12,25H,7-10,14H2,1-2H3,(H,30,31). The summed E-state index contributed by atoms with van der Waals surface area (Å²) in [7, 11) is 3.78. The van der Waals surface area contributed by atoms with Gasteiger partial charge in [0, 0.05) is 45.0 Å². The van der Waals surface area contributed by atoms with E-state index < -0.39 is 5.97 Å². The maximum atomic E-state index is 10.6. The normalized spacial score (nSPS) is 12.5. The van der Waals surface area contributed by atoms with Crippen molar-refractivity contribution >= 4 is 23.3 Å². The number of nitrogens with zero attached hydrogens (tertiary/aromatic N) is 5. The number of hydrogen-bond acceptors (Lipinski definition) is 8. The minimum atomic E-state index is -0.806. The van der Waals surface area contributed by atoms with Crippen molar-refractivity contribution in [2.45, 2.75) is 19.4 Å². The summed E-state index contributed by atoms with van der Waals surface area (Å²) < 4.78 is 5.50. The Morgan fingerprint density at radius 3 is 2.91 bits per heavy atom. The number of hydrogen-bond donors (Lipinski definition) is 2. The van der Waals surface area contributed by atoms with E-state index >= 15 is 0 Å². The number of carbonyl (C=O) groups is 1. The van der Waals surface area contributed by atoms with Gasteiger partial charge in [-0.15, -0.1) is 0 Å². The van der Waals surface area contributed by atoms with E-state index in [4.69, 9.17) is 9.63 Å². The van der Waals surface area contributed by atoms with Crippen LogP contribution in [0.2, 0.25) is 0 Å². The second-order valence-electron chi connectivity index (χ2n) is 7.82. The molecule has 0 unspecified atom stereocenters. The van der Waals surface area contributed by atoms with Crippen LogP contribution in [0.1, 0.15) is 23.1 Å². The summed E-state index contributed by atoms with van der Waals surface area (Å²) in [5.74, 6) is 0.0508.